The lowest BCUT2D eigenvalue weighted by atomic mass is 9.99. The largest absolute Gasteiger partial charge is 0.319 e. The fraction of sp³-hybridized carbons (Fsp3) is 0.278. The third kappa shape index (κ3) is 4.30. The van der Waals surface area contributed by atoms with Crippen molar-refractivity contribution in [2.75, 3.05) is 11.9 Å². The second kappa shape index (κ2) is 7.93. The minimum atomic E-state index is -3.97. The number of amides is 1. The molecule has 1 heterocycles. The summed E-state index contributed by atoms with van der Waals surface area (Å²) in [7, 11) is -3.97. The number of fused-ring (bicyclic) bond motifs is 1. The Morgan fingerprint density at radius 1 is 1.26 bits per heavy atom. The molecule has 0 saturated heterocycles. The number of anilines is 1. The van der Waals surface area contributed by atoms with Crippen LogP contribution in [0, 0.1) is 19.7 Å². The van der Waals surface area contributed by atoms with Crippen LogP contribution in [0.4, 0.5) is 10.1 Å². The molecular formula is C18H21ClFN3O3S. The molecule has 0 spiro atoms. The van der Waals surface area contributed by atoms with Gasteiger partial charge in [-0.2, -0.15) is 0 Å². The Morgan fingerprint density at radius 3 is 2.63 bits per heavy atom. The number of nitrogens with one attached hydrogen (secondary N) is 2. The standard InChI is InChI=1S/C18H20FN3O3S.ClH/c1-10-7-13(8-16(11(10)2)26(20,24)25)18(23)22-15-4-3-12-9-21-6-5-14(12)17(15)19;/h3-4,7-8,21H,5-6,9H2,1-2H3,(H,22,23)(H2,20,24,25);1H. The summed E-state index contributed by atoms with van der Waals surface area (Å²) in [6.07, 6.45) is 0.546. The molecule has 0 radical (unpaired) electrons. The molecule has 1 amide bonds. The van der Waals surface area contributed by atoms with E-state index in [9.17, 15) is 17.6 Å². The topological polar surface area (TPSA) is 101 Å². The van der Waals surface area contributed by atoms with Crippen molar-refractivity contribution < 1.29 is 17.6 Å². The molecule has 0 fully saturated rings. The van der Waals surface area contributed by atoms with Gasteiger partial charge in [-0.1, -0.05) is 6.07 Å². The quantitative estimate of drug-likeness (QED) is 0.719. The SMILES string of the molecule is Cc1cc(C(=O)Nc2ccc3c(c2F)CCNC3)cc(S(N)(=O)=O)c1C.Cl. The molecule has 4 N–H and O–H groups in total. The van der Waals surface area contributed by atoms with Gasteiger partial charge in [-0.25, -0.2) is 17.9 Å². The van der Waals surface area contributed by atoms with Gasteiger partial charge in [0.15, 0.2) is 0 Å². The van der Waals surface area contributed by atoms with E-state index >= 15 is 0 Å². The van der Waals surface area contributed by atoms with Crippen LogP contribution in [0.1, 0.15) is 32.6 Å². The van der Waals surface area contributed by atoms with Crippen molar-refractivity contribution in [1.82, 2.24) is 5.32 Å². The van der Waals surface area contributed by atoms with Crippen molar-refractivity contribution >= 4 is 34.0 Å². The summed E-state index contributed by atoms with van der Waals surface area (Å²) in [5, 5.41) is 10.9. The van der Waals surface area contributed by atoms with E-state index in [1.165, 1.54) is 12.1 Å². The van der Waals surface area contributed by atoms with Crippen LogP contribution in [0.25, 0.3) is 0 Å². The Hall–Kier alpha value is -2.00. The first-order valence-corrected chi connectivity index (χ1v) is 9.69. The minimum Gasteiger partial charge on any atom is -0.319 e. The van der Waals surface area contributed by atoms with E-state index in [-0.39, 0.29) is 28.6 Å². The maximum Gasteiger partial charge on any atom is 0.255 e. The molecule has 146 valence electrons. The van der Waals surface area contributed by atoms with Crippen LogP contribution in [0.15, 0.2) is 29.2 Å². The number of hydrogen-bond acceptors (Lipinski definition) is 4. The fourth-order valence-corrected chi connectivity index (χ4v) is 3.96. The van der Waals surface area contributed by atoms with Gasteiger partial charge in [0.1, 0.15) is 5.82 Å². The Kier molecular flexibility index (Phi) is 6.26. The first-order chi connectivity index (χ1) is 12.2. The molecule has 0 aliphatic carbocycles. The first kappa shape index (κ1) is 21.3. The van der Waals surface area contributed by atoms with Crippen LogP contribution in [0.5, 0.6) is 0 Å². The monoisotopic (exact) mass is 413 g/mol. The first-order valence-electron chi connectivity index (χ1n) is 8.15. The molecule has 3 rings (SSSR count). The zero-order valence-electron chi connectivity index (χ0n) is 14.9. The molecule has 0 aromatic heterocycles. The summed E-state index contributed by atoms with van der Waals surface area (Å²) < 4.78 is 38.2. The lowest BCUT2D eigenvalue weighted by Gasteiger charge is -2.19. The van der Waals surface area contributed by atoms with Crippen LogP contribution >= 0.6 is 12.4 Å². The highest BCUT2D eigenvalue weighted by molar-refractivity contribution is 7.89. The highest BCUT2D eigenvalue weighted by Crippen LogP contribution is 2.26. The van der Waals surface area contributed by atoms with Gasteiger partial charge < -0.3 is 10.6 Å². The Bertz CT molecular complexity index is 1010. The number of hydrogen-bond donors (Lipinski definition) is 3. The average molecular weight is 414 g/mol. The van der Waals surface area contributed by atoms with E-state index in [0.717, 1.165) is 5.56 Å². The van der Waals surface area contributed by atoms with Crippen LogP contribution < -0.4 is 15.8 Å². The summed E-state index contributed by atoms with van der Waals surface area (Å²) >= 11 is 0. The highest BCUT2D eigenvalue weighted by Gasteiger charge is 2.20. The zero-order valence-corrected chi connectivity index (χ0v) is 16.6. The fourth-order valence-electron chi connectivity index (χ4n) is 3.08. The van der Waals surface area contributed by atoms with Crippen molar-refractivity contribution in [3.63, 3.8) is 0 Å². The van der Waals surface area contributed by atoms with Crippen molar-refractivity contribution in [2.24, 2.45) is 5.14 Å². The number of sulfonamides is 1. The number of rotatable bonds is 3. The average Bonchev–Trinajstić information content (AvgIpc) is 2.58. The van der Waals surface area contributed by atoms with Crippen LogP contribution in [0.2, 0.25) is 0 Å². The molecule has 1 aliphatic heterocycles. The van der Waals surface area contributed by atoms with E-state index in [2.05, 4.69) is 10.6 Å². The molecule has 6 nitrogen and oxygen atoms in total. The maximum absolute atomic E-state index is 14.7. The summed E-state index contributed by atoms with van der Waals surface area (Å²) in [6.45, 7) is 4.58. The van der Waals surface area contributed by atoms with E-state index in [1.807, 2.05) is 0 Å². The summed E-state index contributed by atoms with van der Waals surface area (Å²) in [4.78, 5) is 12.4. The third-order valence-electron chi connectivity index (χ3n) is 4.64. The number of carbonyl (C=O) groups is 1. The second-order valence-electron chi connectivity index (χ2n) is 6.41. The van der Waals surface area contributed by atoms with E-state index in [1.54, 1.807) is 26.0 Å². The number of aryl methyl sites for hydroxylation is 1. The highest BCUT2D eigenvalue weighted by atomic mass is 35.5. The lowest BCUT2D eigenvalue weighted by molar-refractivity contribution is 0.102. The predicted octanol–water partition coefficient (Wildman–Crippen LogP) is 2.41. The molecule has 1 aliphatic rings. The number of primary sulfonamides is 1. The van der Waals surface area contributed by atoms with E-state index in [4.69, 9.17) is 5.14 Å². The minimum absolute atomic E-state index is 0. The normalized spacial score (nSPS) is 13.5. The zero-order chi connectivity index (χ0) is 19.1. The van der Waals surface area contributed by atoms with Gasteiger partial charge in [-0.3, -0.25) is 4.79 Å². The maximum atomic E-state index is 14.7. The predicted molar refractivity (Wildman–Crippen MR) is 104 cm³/mol. The van der Waals surface area contributed by atoms with Crippen molar-refractivity contribution in [2.45, 2.75) is 31.7 Å². The van der Waals surface area contributed by atoms with Gasteiger partial charge in [0.05, 0.1) is 10.6 Å². The van der Waals surface area contributed by atoms with Crippen molar-refractivity contribution in [1.29, 1.82) is 0 Å². The van der Waals surface area contributed by atoms with Crippen LogP contribution in [0.3, 0.4) is 0 Å². The van der Waals surface area contributed by atoms with Gasteiger partial charge in [0, 0.05) is 12.1 Å². The van der Waals surface area contributed by atoms with Gasteiger partial charge in [-0.15, -0.1) is 12.4 Å². The van der Waals surface area contributed by atoms with Crippen LogP contribution in [-0.2, 0) is 23.0 Å². The molecule has 2 aromatic carbocycles. The Balaban J connectivity index is 0.00000261. The van der Waals surface area contributed by atoms with E-state index in [0.29, 0.717) is 36.2 Å². The number of halogens is 2. The molecule has 9 heteroatoms. The molecule has 0 atom stereocenters. The summed E-state index contributed by atoms with van der Waals surface area (Å²) in [5.41, 5.74) is 2.73. The van der Waals surface area contributed by atoms with E-state index < -0.39 is 21.7 Å². The molecule has 0 bridgehead atoms. The third-order valence-corrected chi connectivity index (χ3v) is 5.68. The molecule has 2 aromatic rings. The van der Waals surface area contributed by atoms with Crippen molar-refractivity contribution in [3.05, 3.63) is 57.9 Å². The lowest BCUT2D eigenvalue weighted by Crippen LogP contribution is -2.25. The second-order valence-corrected chi connectivity index (χ2v) is 7.94. The van der Waals surface area contributed by atoms with Gasteiger partial charge in [0.25, 0.3) is 5.91 Å². The molecule has 27 heavy (non-hydrogen) atoms. The molecule has 0 saturated carbocycles. The van der Waals surface area contributed by atoms with Gasteiger partial charge in [-0.05, 0) is 67.3 Å². The smallest absolute Gasteiger partial charge is 0.255 e. The van der Waals surface area contributed by atoms with Crippen LogP contribution in [-0.4, -0.2) is 20.9 Å². The van der Waals surface area contributed by atoms with Gasteiger partial charge in [0.2, 0.25) is 10.0 Å². The van der Waals surface area contributed by atoms with Gasteiger partial charge >= 0.3 is 0 Å². The number of nitrogens with two attached hydrogens (primary N) is 1. The van der Waals surface area contributed by atoms with Crippen molar-refractivity contribution in [3.8, 4) is 0 Å². The summed E-state index contributed by atoms with van der Waals surface area (Å²) in [6, 6.07) is 6.06. The number of benzene rings is 2. The Morgan fingerprint density at radius 2 is 1.96 bits per heavy atom. The number of carbonyl (C=O) groups excluding carboxylic acids is 1. The Labute approximate surface area is 163 Å². The summed E-state index contributed by atoms with van der Waals surface area (Å²) in [5.74, 6) is -1.04. The molecular weight excluding hydrogens is 393 g/mol. The molecule has 0 unspecified atom stereocenters.